The summed E-state index contributed by atoms with van der Waals surface area (Å²) in [5.74, 6) is -0.422. The topological polar surface area (TPSA) is 138 Å². The summed E-state index contributed by atoms with van der Waals surface area (Å²) in [5.41, 5.74) is -0.881. The van der Waals surface area contributed by atoms with Crippen LogP contribution in [0.5, 0.6) is 0 Å². The highest BCUT2D eigenvalue weighted by Crippen LogP contribution is 2.31. The van der Waals surface area contributed by atoms with Gasteiger partial charge in [0.05, 0.1) is 24.1 Å². The van der Waals surface area contributed by atoms with Crippen LogP contribution in [0.25, 0.3) is 0 Å². The number of esters is 1. The molecular weight excluding hydrogens is 440 g/mol. The minimum atomic E-state index is -1.47. The molecule has 0 bridgehead atoms. The first-order valence-corrected chi connectivity index (χ1v) is 12.1. The molecular formula is C21H38N2O8S. The Kier molecular flexibility index (Phi) is 10.7. The van der Waals surface area contributed by atoms with E-state index in [9.17, 15) is 24.9 Å². The van der Waals surface area contributed by atoms with Crippen molar-refractivity contribution in [2.75, 3.05) is 33.1 Å². The fraction of sp³-hybridized carbons (Fsp3) is 0.905. The minimum Gasteiger partial charge on any atom is -0.465 e. The third kappa shape index (κ3) is 6.78. The van der Waals surface area contributed by atoms with Crippen molar-refractivity contribution in [3.63, 3.8) is 0 Å². The van der Waals surface area contributed by atoms with Crippen molar-refractivity contribution in [3.05, 3.63) is 0 Å². The summed E-state index contributed by atoms with van der Waals surface area (Å²) in [6, 6.07) is -1.03. The van der Waals surface area contributed by atoms with Crippen LogP contribution in [0.3, 0.4) is 0 Å². The van der Waals surface area contributed by atoms with Gasteiger partial charge in [-0.1, -0.05) is 13.8 Å². The Labute approximate surface area is 194 Å². The van der Waals surface area contributed by atoms with Crippen molar-refractivity contribution in [2.24, 2.45) is 5.92 Å². The molecule has 32 heavy (non-hydrogen) atoms. The van der Waals surface area contributed by atoms with Gasteiger partial charge in [-0.15, -0.1) is 11.8 Å². The number of carbonyl (C=O) groups excluding carboxylic acids is 2. The molecule has 0 aromatic heterocycles. The van der Waals surface area contributed by atoms with Crippen LogP contribution in [0.15, 0.2) is 0 Å². The number of aliphatic hydroxyl groups is 3. The van der Waals surface area contributed by atoms with Gasteiger partial charge < -0.3 is 34.8 Å². The molecule has 4 N–H and O–H groups in total. The largest absolute Gasteiger partial charge is 0.465 e. The van der Waals surface area contributed by atoms with Crippen LogP contribution in [0.4, 0.5) is 0 Å². The Balaban J connectivity index is 2.06. The van der Waals surface area contributed by atoms with Gasteiger partial charge in [-0.2, -0.15) is 0 Å². The standard InChI is InChI=1S/C21H38N2O8S/c1-11(2)20(28)30-9-10-32-21-17(26)15(24)16(25)18(31-21)14(12(3)29-5)22-19(27)13-7-6-8-23(13)4/h11-18,21,24-26H,6-10H2,1-5H3,(H,22,27)/t12-,13+,14-,15+,16-,17-,18-,21-/m1/s1. The first-order chi connectivity index (χ1) is 15.1. The van der Waals surface area contributed by atoms with Crippen molar-refractivity contribution in [1.82, 2.24) is 10.2 Å². The van der Waals surface area contributed by atoms with Gasteiger partial charge in [-0.25, -0.2) is 0 Å². The number of thioether (sulfide) groups is 1. The number of aliphatic hydroxyl groups excluding tert-OH is 3. The molecule has 0 aliphatic carbocycles. The number of likely N-dealkylation sites (N-methyl/N-ethyl adjacent to an activating group) is 1. The van der Waals surface area contributed by atoms with Crippen LogP contribution in [0.2, 0.25) is 0 Å². The Morgan fingerprint density at radius 1 is 1.19 bits per heavy atom. The molecule has 2 aliphatic heterocycles. The van der Waals surface area contributed by atoms with E-state index in [4.69, 9.17) is 14.2 Å². The zero-order chi connectivity index (χ0) is 24.0. The lowest BCUT2D eigenvalue weighted by Crippen LogP contribution is -2.66. The summed E-state index contributed by atoms with van der Waals surface area (Å²) in [6.07, 6.45) is -4.11. The Morgan fingerprint density at radius 3 is 2.44 bits per heavy atom. The summed E-state index contributed by atoms with van der Waals surface area (Å²) in [7, 11) is 3.37. The number of rotatable bonds is 10. The number of likely N-dealkylation sites (tertiary alicyclic amines) is 1. The molecule has 2 heterocycles. The summed E-state index contributed by atoms with van der Waals surface area (Å²) in [6.45, 7) is 6.17. The van der Waals surface area contributed by atoms with Gasteiger partial charge in [-0.05, 0) is 33.4 Å². The van der Waals surface area contributed by atoms with Crippen molar-refractivity contribution >= 4 is 23.6 Å². The molecule has 2 fully saturated rings. The fourth-order valence-electron chi connectivity index (χ4n) is 3.90. The van der Waals surface area contributed by atoms with E-state index in [1.165, 1.54) is 18.9 Å². The van der Waals surface area contributed by atoms with Crippen LogP contribution < -0.4 is 5.32 Å². The molecule has 8 atom stereocenters. The lowest BCUT2D eigenvalue weighted by Gasteiger charge is -2.44. The maximum absolute atomic E-state index is 12.9. The molecule has 1 amide bonds. The maximum atomic E-state index is 12.9. The van der Waals surface area contributed by atoms with Crippen LogP contribution in [0, 0.1) is 5.92 Å². The number of ether oxygens (including phenoxy) is 3. The van der Waals surface area contributed by atoms with Crippen LogP contribution in [0.1, 0.15) is 33.6 Å². The number of nitrogens with one attached hydrogen (secondary N) is 1. The lowest BCUT2D eigenvalue weighted by atomic mass is 9.92. The summed E-state index contributed by atoms with van der Waals surface area (Å²) >= 11 is 1.17. The Bertz CT molecular complexity index is 625. The van der Waals surface area contributed by atoms with E-state index in [0.29, 0.717) is 5.75 Å². The fourth-order valence-corrected chi connectivity index (χ4v) is 4.87. The average molecular weight is 479 g/mol. The number of carbonyl (C=O) groups is 2. The molecule has 2 saturated heterocycles. The van der Waals surface area contributed by atoms with Gasteiger partial charge in [0, 0.05) is 12.9 Å². The Hall–Kier alpha value is -0.950. The normalized spacial score (nSPS) is 33.2. The SMILES string of the molecule is CO[C@H](C)[C@@H](NC(=O)[C@@H]1CCCN1C)[C@H]1O[C@H](SCCOC(=O)C(C)C)[C@H](O)[C@@H](O)[C@H]1O. The third-order valence-corrected chi connectivity index (χ3v) is 7.17. The second-order valence-electron chi connectivity index (χ2n) is 8.75. The molecule has 0 spiro atoms. The first kappa shape index (κ1) is 27.3. The molecule has 0 aromatic rings. The number of nitrogens with zero attached hydrogens (tertiary/aromatic N) is 1. The smallest absolute Gasteiger partial charge is 0.308 e. The number of hydrogen-bond donors (Lipinski definition) is 4. The van der Waals surface area contributed by atoms with E-state index in [-0.39, 0.29) is 30.4 Å². The van der Waals surface area contributed by atoms with E-state index < -0.39 is 42.0 Å². The van der Waals surface area contributed by atoms with Crippen molar-refractivity contribution in [3.8, 4) is 0 Å². The molecule has 0 unspecified atom stereocenters. The van der Waals surface area contributed by atoms with Crippen LogP contribution in [-0.2, 0) is 23.8 Å². The van der Waals surface area contributed by atoms with Gasteiger partial charge in [-0.3, -0.25) is 14.5 Å². The molecule has 0 radical (unpaired) electrons. The molecule has 11 heteroatoms. The zero-order valence-corrected chi connectivity index (χ0v) is 20.3. The lowest BCUT2D eigenvalue weighted by molar-refractivity contribution is -0.212. The molecule has 10 nitrogen and oxygen atoms in total. The quantitative estimate of drug-likeness (QED) is 0.236. The van der Waals surface area contributed by atoms with Gasteiger partial charge in [0.25, 0.3) is 0 Å². The Morgan fingerprint density at radius 2 is 1.88 bits per heavy atom. The molecule has 2 aliphatic rings. The zero-order valence-electron chi connectivity index (χ0n) is 19.5. The highest BCUT2D eigenvalue weighted by atomic mass is 32.2. The second-order valence-corrected chi connectivity index (χ2v) is 9.95. The van der Waals surface area contributed by atoms with Gasteiger partial charge in [0.1, 0.15) is 36.5 Å². The van der Waals surface area contributed by atoms with Crippen molar-refractivity contribution in [1.29, 1.82) is 0 Å². The molecule has 0 saturated carbocycles. The van der Waals surface area contributed by atoms with Gasteiger partial charge in [0.15, 0.2) is 0 Å². The molecule has 2 rings (SSSR count). The average Bonchev–Trinajstić information content (AvgIpc) is 3.20. The van der Waals surface area contributed by atoms with Crippen molar-refractivity contribution < 1.29 is 39.1 Å². The van der Waals surface area contributed by atoms with Crippen LogP contribution >= 0.6 is 11.8 Å². The summed E-state index contributed by atoms with van der Waals surface area (Å²) in [4.78, 5) is 26.4. The monoisotopic (exact) mass is 478 g/mol. The molecule has 0 aromatic carbocycles. The van der Waals surface area contributed by atoms with E-state index in [1.807, 2.05) is 11.9 Å². The maximum Gasteiger partial charge on any atom is 0.308 e. The van der Waals surface area contributed by atoms with Gasteiger partial charge >= 0.3 is 5.97 Å². The van der Waals surface area contributed by atoms with Crippen LogP contribution in [-0.4, -0.2) is 113 Å². The second kappa shape index (κ2) is 12.5. The number of amides is 1. The van der Waals surface area contributed by atoms with E-state index in [2.05, 4.69) is 5.32 Å². The third-order valence-electron chi connectivity index (χ3n) is 6.05. The predicted molar refractivity (Wildman–Crippen MR) is 119 cm³/mol. The number of methoxy groups -OCH3 is 1. The molecule has 186 valence electrons. The van der Waals surface area contributed by atoms with Crippen molar-refractivity contribution in [2.45, 2.75) is 81.7 Å². The van der Waals surface area contributed by atoms with E-state index >= 15 is 0 Å². The number of hydrogen-bond acceptors (Lipinski definition) is 10. The highest BCUT2D eigenvalue weighted by Gasteiger charge is 2.48. The predicted octanol–water partition coefficient (Wildman–Crippen LogP) is -0.660. The van der Waals surface area contributed by atoms with E-state index in [1.54, 1.807) is 20.8 Å². The first-order valence-electron chi connectivity index (χ1n) is 11.1. The minimum absolute atomic E-state index is 0.125. The summed E-state index contributed by atoms with van der Waals surface area (Å²) in [5, 5.41) is 34.4. The highest BCUT2D eigenvalue weighted by molar-refractivity contribution is 7.99. The van der Waals surface area contributed by atoms with E-state index in [0.717, 1.165) is 19.4 Å². The van der Waals surface area contributed by atoms with Gasteiger partial charge in [0.2, 0.25) is 5.91 Å². The summed E-state index contributed by atoms with van der Waals surface area (Å²) < 4.78 is 16.5.